The Hall–Kier alpha value is -1.62. The molecule has 0 aliphatic heterocycles. The van der Waals surface area contributed by atoms with Crippen LogP contribution in [0.25, 0.3) is 0 Å². The molecule has 1 aromatic rings. The van der Waals surface area contributed by atoms with Gasteiger partial charge in [-0.15, -0.1) is 0 Å². The summed E-state index contributed by atoms with van der Waals surface area (Å²) < 4.78 is 25.7. The van der Waals surface area contributed by atoms with Gasteiger partial charge in [0.25, 0.3) is 0 Å². The average Bonchev–Trinajstić information content (AvgIpc) is 2.26. The minimum absolute atomic E-state index is 0.0115. The summed E-state index contributed by atoms with van der Waals surface area (Å²) in [6, 6.07) is 5.84. The zero-order valence-corrected chi connectivity index (χ0v) is 11.9. The molecule has 0 saturated heterocycles. The van der Waals surface area contributed by atoms with E-state index >= 15 is 0 Å². The lowest BCUT2D eigenvalue weighted by molar-refractivity contribution is 0.0640. The van der Waals surface area contributed by atoms with Gasteiger partial charge in [0.1, 0.15) is 11.0 Å². The average molecular weight is 283 g/mol. The van der Waals surface area contributed by atoms with Crippen LogP contribution in [0, 0.1) is 11.3 Å². The van der Waals surface area contributed by atoms with Crippen LogP contribution in [0.1, 0.15) is 19.4 Å². The summed E-state index contributed by atoms with van der Waals surface area (Å²) in [6.45, 7) is 2.94. The molecule has 6 nitrogen and oxygen atoms in total. The van der Waals surface area contributed by atoms with Crippen molar-refractivity contribution in [2.75, 3.05) is 19.3 Å². The summed E-state index contributed by atoms with van der Waals surface area (Å²) in [4.78, 5) is -0.115. The van der Waals surface area contributed by atoms with Gasteiger partial charge in [0.15, 0.2) is 0 Å². The third-order valence-corrected chi connectivity index (χ3v) is 4.28. The fourth-order valence-electron chi connectivity index (χ4n) is 1.66. The quantitative estimate of drug-likeness (QED) is 0.784. The predicted octanol–water partition coefficient (Wildman–Crippen LogP) is 0.532. The molecule has 0 aliphatic rings. The van der Waals surface area contributed by atoms with Crippen LogP contribution in [0.4, 0.5) is 5.69 Å². The monoisotopic (exact) mass is 283 g/mol. The van der Waals surface area contributed by atoms with Gasteiger partial charge in [-0.05, 0) is 32.0 Å². The number of aliphatic hydroxyl groups is 1. The van der Waals surface area contributed by atoms with Crippen molar-refractivity contribution in [3.63, 3.8) is 0 Å². The van der Waals surface area contributed by atoms with Crippen LogP contribution >= 0.6 is 0 Å². The molecule has 0 amide bonds. The minimum Gasteiger partial charge on any atom is -0.399 e. The van der Waals surface area contributed by atoms with Gasteiger partial charge < -0.3 is 10.8 Å². The minimum atomic E-state index is -3.84. The van der Waals surface area contributed by atoms with Crippen molar-refractivity contribution < 1.29 is 13.5 Å². The molecule has 1 rings (SSSR count). The van der Waals surface area contributed by atoms with Crippen molar-refractivity contribution in [3.8, 4) is 6.07 Å². The van der Waals surface area contributed by atoms with Crippen molar-refractivity contribution in [2.45, 2.75) is 24.3 Å². The number of nitrogens with zero attached hydrogens (tertiary/aromatic N) is 2. The number of anilines is 1. The normalized spacial score (nSPS) is 12.4. The second-order valence-electron chi connectivity index (χ2n) is 4.94. The fraction of sp³-hybridized carbons (Fsp3) is 0.417. The number of nitrogens with two attached hydrogens (primary N) is 1. The van der Waals surface area contributed by atoms with Gasteiger partial charge in [-0.2, -0.15) is 9.57 Å². The Morgan fingerprint density at radius 1 is 1.47 bits per heavy atom. The van der Waals surface area contributed by atoms with Crippen LogP contribution in [0.2, 0.25) is 0 Å². The van der Waals surface area contributed by atoms with Gasteiger partial charge in [0, 0.05) is 19.3 Å². The van der Waals surface area contributed by atoms with Gasteiger partial charge in [-0.1, -0.05) is 0 Å². The molecule has 0 radical (unpaired) electrons. The highest BCUT2D eigenvalue weighted by atomic mass is 32.2. The molecular weight excluding hydrogens is 266 g/mol. The summed E-state index contributed by atoms with van der Waals surface area (Å²) in [5.74, 6) is 0. The molecular formula is C12H17N3O3S. The van der Waals surface area contributed by atoms with Crippen molar-refractivity contribution in [1.82, 2.24) is 4.31 Å². The number of benzene rings is 1. The Balaban J connectivity index is 3.25. The van der Waals surface area contributed by atoms with E-state index in [2.05, 4.69) is 0 Å². The zero-order valence-electron chi connectivity index (χ0n) is 11.1. The Kier molecular flexibility index (Phi) is 4.20. The number of sulfonamides is 1. The van der Waals surface area contributed by atoms with E-state index in [1.807, 2.05) is 6.07 Å². The SMILES string of the molecule is CN(CC(C)(C)O)S(=O)(=O)c1ccc(N)cc1C#N. The Morgan fingerprint density at radius 2 is 2.05 bits per heavy atom. The fourth-order valence-corrected chi connectivity index (χ4v) is 3.10. The lowest BCUT2D eigenvalue weighted by atomic mass is 10.1. The molecule has 104 valence electrons. The molecule has 0 atom stereocenters. The Labute approximate surface area is 113 Å². The van der Waals surface area contributed by atoms with Crippen LogP contribution in [0.3, 0.4) is 0 Å². The summed E-state index contributed by atoms with van der Waals surface area (Å²) >= 11 is 0. The third kappa shape index (κ3) is 3.67. The highest BCUT2D eigenvalue weighted by molar-refractivity contribution is 7.89. The van der Waals surface area contributed by atoms with E-state index in [0.29, 0.717) is 5.69 Å². The second-order valence-corrected chi connectivity index (χ2v) is 6.95. The standard InChI is InChI=1S/C12H17N3O3S/c1-12(2,16)8-15(3)19(17,18)11-5-4-10(14)6-9(11)7-13/h4-6,16H,8,14H2,1-3H3. The maximum absolute atomic E-state index is 12.3. The van der Waals surface area contributed by atoms with Gasteiger partial charge in [0.2, 0.25) is 10.0 Å². The van der Waals surface area contributed by atoms with Gasteiger partial charge in [-0.25, -0.2) is 8.42 Å². The van der Waals surface area contributed by atoms with Crippen molar-refractivity contribution in [3.05, 3.63) is 23.8 Å². The third-order valence-electron chi connectivity index (χ3n) is 2.42. The van der Waals surface area contributed by atoms with Gasteiger partial charge in [0.05, 0.1) is 11.2 Å². The van der Waals surface area contributed by atoms with Gasteiger partial charge >= 0.3 is 0 Å². The lowest BCUT2D eigenvalue weighted by Gasteiger charge is -2.25. The van der Waals surface area contributed by atoms with Crippen molar-refractivity contribution in [1.29, 1.82) is 5.26 Å². The van der Waals surface area contributed by atoms with E-state index in [0.717, 1.165) is 4.31 Å². The molecule has 0 spiro atoms. The molecule has 0 heterocycles. The largest absolute Gasteiger partial charge is 0.399 e. The van der Waals surface area contributed by atoms with Crippen LogP contribution in [-0.2, 0) is 10.0 Å². The molecule has 0 unspecified atom stereocenters. The van der Waals surface area contributed by atoms with Crippen molar-refractivity contribution in [2.24, 2.45) is 0 Å². The topological polar surface area (TPSA) is 107 Å². The van der Waals surface area contributed by atoms with E-state index in [-0.39, 0.29) is 17.0 Å². The Bertz CT molecular complexity index is 612. The predicted molar refractivity (Wildman–Crippen MR) is 71.7 cm³/mol. The molecule has 7 heteroatoms. The lowest BCUT2D eigenvalue weighted by Crippen LogP contribution is -2.39. The zero-order chi connectivity index (χ0) is 14.8. The molecule has 0 aliphatic carbocycles. The molecule has 1 aromatic carbocycles. The Morgan fingerprint density at radius 3 is 2.53 bits per heavy atom. The van der Waals surface area contributed by atoms with E-state index in [1.165, 1.54) is 39.1 Å². The maximum Gasteiger partial charge on any atom is 0.244 e. The van der Waals surface area contributed by atoms with Crippen LogP contribution in [0.5, 0.6) is 0 Å². The van der Waals surface area contributed by atoms with Crippen LogP contribution < -0.4 is 5.73 Å². The van der Waals surface area contributed by atoms with E-state index in [9.17, 15) is 13.5 Å². The van der Waals surface area contributed by atoms with Crippen molar-refractivity contribution >= 4 is 15.7 Å². The first-order chi connectivity index (χ1) is 8.58. The number of rotatable bonds is 4. The van der Waals surface area contributed by atoms with Crippen LogP contribution in [0.15, 0.2) is 23.1 Å². The molecule has 0 bridgehead atoms. The molecule has 0 saturated carbocycles. The summed E-state index contributed by atoms with van der Waals surface area (Å²) in [6.07, 6.45) is 0. The number of nitrogen functional groups attached to an aromatic ring is 1. The van der Waals surface area contributed by atoms with E-state index in [4.69, 9.17) is 11.0 Å². The number of likely N-dealkylation sites (N-methyl/N-ethyl adjacent to an activating group) is 1. The van der Waals surface area contributed by atoms with E-state index < -0.39 is 15.6 Å². The van der Waals surface area contributed by atoms with Gasteiger partial charge in [-0.3, -0.25) is 0 Å². The molecule has 19 heavy (non-hydrogen) atoms. The summed E-state index contributed by atoms with van der Waals surface area (Å²) in [5, 5.41) is 18.7. The number of hydrogen-bond donors (Lipinski definition) is 2. The first-order valence-electron chi connectivity index (χ1n) is 5.56. The maximum atomic E-state index is 12.3. The number of nitriles is 1. The van der Waals surface area contributed by atoms with E-state index in [1.54, 1.807) is 0 Å². The molecule has 3 N–H and O–H groups in total. The van der Waals surface area contributed by atoms with Crippen LogP contribution in [-0.4, -0.2) is 37.0 Å². The summed E-state index contributed by atoms with van der Waals surface area (Å²) in [5.41, 5.74) is 4.67. The second kappa shape index (κ2) is 5.17. The molecule has 0 aromatic heterocycles. The smallest absolute Gasteiger partial charge is 0.244 e. The first kappa shape index (κ1) is 15.4. The number of hydrogen-bond acceptors (Lipinski definition) is 5. The highest BCUT2D eigenvalue weighted by Crippen LogP contribution is 2.22. The molecule has 0 fully saturated rings. The first-order valence-corrected chi connectivity index (χ1v) is 7.00. The summed E-state index contributed by atoms with van der Waals surface area (Å²) in [7, 11) is -2.48. The highest BCUT2D eigenvalue weighted by Gasteiger charge is 2.28.